The molecule has 1 atom stereocenters. The van der Waals surface area contributed by atoms with Crippen LogP contribution in [-0.2, 0) is 0 Å². The summed E-state index contributed by atoms with van der Waals surface area (Å²) in [5.41, 5.74) is 5.74. The second kappa shape index (κ2) is 6.32. The Kier molecular flexibility index (Phi) is 3.87. The van der Waals surface area contributed by atoms with Gasteiger partial charge in [-0.05, 0) is 17.9 Å². The minimum Gasteiger partial charge on any atom is -0.337 e. The van der Waals surface area contributed by atoms with Crippen molar-refractivity contribution in [1.82, 2.24) is 9.97 Å². The Morgan fingerprint density at radius 3 is 2.25 bits per heavy atom. The third kappa shape index (κ3) is 2.83. The predicted molar refractivity (Wildman–Crippen MR) is 100 cm³/mol. The van der Waals surface area contributed by atoms with Gasteiger partial charge in [0, 0.05) is 11.1 Å². The Labute approximate surface area is 142 Å². The highest BCUT2D eigenvalue weighted by Crippen LogP contribution is 2.34. The molecule has 1 aromatic heterocycles. The molecule has 2 aromatic carbocycles. The van der Waals surface area contributed by atoms with Gasteiger partial charge in [0.05, 0.1) is 11.4 Å². The number of aromatic amines is 1. The van der Waals surface area contributed by atoms with Crippen LogP contribution in [-0.4, -0.2) is 9.97 Å². The highest BCUT2D eigenvalue weighted by Gasteiger charge is 2.18. The van der Waals surface area contributed by atoms with E-state index in [1.54, 1.807) is 0 Å². The quantitative estimate of drug-likeness (QED) is 0.658. The van der Waals surface area contributed by atoms with Crippen molar-refractivity contribution in [2.45, 2.75) is 13.3 Å². The van der Waals surface area contributed by atoms with E-state index in [9.17, 15) is 0 Å². The zero-order chi connectivity index (χ0) is 16.4. The zero-order valence-electron chi connectivity index (χ0n) is 13.7. The number of nitrogens with one attached hydrogen (secondary N) is 1. The van der Waals surface area contributed by atoms with Gasteiger partial charge >= 0.3 is 0 Å². The molecule has 1 aliphatic carbocycles. The van der Waals surface area contributed by atoms with Crippen LogP contribution >= 0.6 is 0 Å². The Balaban J connectivity index is 1.86. The summed E-state index contributed by atoms with van der Waals surface area (Å²) >= 11 is 0. The fourth-order valence-electron chi connectivity index (χ4n) is 3.17. The summed E-state index contributed by atoms with van der Waals surface area (Å²) in [6.07, 6.45) is 7.61. The molecule has 24 heavy (non-hydrogen) atoms. The summed E-state index contributed by atoms with van der Waals surface area (Å²) < 4.78 is 0. The fourth-order valence-corrected chi connectivity index (χ4v) is 3.17. The van der Waals surface area contributed by atoms with Gasteiger partial charge in [-0.15, -0.1) is 0 Å². The van der Waals surface area contributed by atoms with Crippen molar-refractivity contribution in [1.29, 1.82) is 0 Å². The molecule has 1 heterocycles. The minimum atomic E-state index is 0.547. The van der Waals surface area contributed by atoms with Crippen molar-refractivity contribution in [2.75, 3.05) is 0 Å². The predicted octanol–water partition coefficient (Wildman–Crippen LogP) is 5.72. The molecule has 0 fully saturated rings. The van der Waals surface area contributed by atoms with Gasteiger partial charge in [0.1, 0.15) is 5.82 Å². The van der Waals surface area contributed by atoms with Crippen molar-refractivity contribution in [3.63, 3.8) is 0 Å². The van der Waals surface area contributed by atoms with Crippen LogP contribution in [0.15, 0.2) is 78.9 Å². The van der Waals surface area contributed by atoms with Crippen molar-refractivity contribution < 1.29 is 0 Å². The molecule has 0 aliphatic heterocycles. The van der Waals surface area contributed by atoms with E-state index in [1.807, 2.05) is 24.3 Å². The monoisotopic (exact) mass is 312 g/mol. The van der Waals surface area contributed by atoms with E-state index in [0.717, 1.165) is 29.2 Å². The molecule has 3 aromatic rings. The van der Waals surface area contributed by atoms with E-state index < -0.39 is 0 Å². The molecule has 0 saturated carbocycles. The van der Waals surface area contributed by atoms with Crippen molar-refractivity contribution in [2.24, 2.45) is 5.92 Å². The number of rotatable bonds is 3. The van der Waals surface area contributed by atoms with Gasteiger partial charge < -0.3 is 4.98 Å². The van der Waals surface area contributed by atoms with Gasteiger partial charge in [-0.25, -0.2) is 4.98 Å². The first-order valence-electron chi connectivity index (χ1n) is 8.40. The lowest BCUT2D eigenvalue weighted by atomic mass is 9.92. The number of H-pyrrole nitrogens is 1. The standard InChI is InChI=1S/C22H20N2/c1-16-9-8-14-19(15-16)21-20(17-10-4-2-5-11-17)23-22(24-21)18-12-6-3-7-13-18/h2-14,16H,15H2,1H3,(H,23,24)/t16-/m0/s1. The lowest BCUT2D eigenvalue weighted by molar-refractivity contribution is 0.747. The molecule has 118 valence electrons. The van der Waals surface area contributed by atoms with Crippen LogP contribution in [0, 0.1) is 5.92 Å². The first-order chi connectivity index (χ1) is 11.8. The number of hydrogen-bond acceptors (Lipinski definition) is 1. The van der Waals surface area contributed by atoms with E-state index in [0.29, 0.717) is 5.92 Å². The van der Waals surface area contributed by atoms with Gasteiger partial charge in [-0.2, -0.15) is 0 Å². The highest BCUT2D eigenvalue weighted by atomic mass is 14.9. The second-order valence-electron chi connectivity index (χ2n) is 6.30. The van der Waals surface area contributed by atoms with Crippen LogP contribution in [0.1, 0.15) is 19.0 Å². The SMILES string of the molecule is C[C@H]1C=CC=C(c2nc(-c3ccccc3)[nH]c2-c2ccccc2)C1. The van der Waals surface area contributed by atoms with Crippen LogP contribution in [0.4, 0.5) is 0 Å². The number of hydrogen-bond donors (Lipinski definition) is 1. The van der Waals surface area contributed by atoms with Crippen LogP contribution < -0.4 is 0 Å². The van der Waals surface area contributed by atoms with Gasteiger partial charge in [0.2, 0.25) is 0 Å². The molecule has 1 aliphatic rings. The molecule has 4 rings (SSSR count). The maximum absolute atomic E-state index is 4.96. The van der Waals surface area contributed by atoms with Crippen LogP contribution in [0.3, 0.4) is 0 Å². The molecule has 0 saturated heterocycles. The number of benzene rings is 2. The second-order valence-corrected chi connectivity index (χ2v) is 6.30. The summed E-state index contributed by atoms with van der Waals surface area (Å²) in [6.45, 7) is 2.25. The topological polar surface area (TPSA) is 28.7 Å². The molecule has 2 heteroatoms. The maximum Gasteiger partial charge on any atom is 0.138 e. The minimum absolute atomic E-state index is 0.547. The molecule has 0 unspecified atom stereocenters. The fraction of sp³-hybridized carbons (Fsp3) is 0.136. The number of aromatic nitrogens is 2. The summed E-state index contributed by atoms with van der Waals surface area (Å²) in [5.74, 6) is 1.47. The van der Waals surface area contributed by atoms with Gasteiger partial charge in [0.15, 0.2) is 0 Å². The first kappa shape index (κ1) is 14.7. The Morgan fingerprint density at radius 2 is 1.58 bits per heavy atom. The van der Waals surface area contributed by atoms with Gasteiger partial charge in [0.25, 0.3) is 0 Å². The normalized spacial score (nSPS) is 16.9. The number of imidazole rings is 1. The summed E-state index contributed by atoms with van der Waals surface area (Å²) in [5, 5.41) is 0. The number of nitrogens with zero attached hydrogens (tertiary/aromatic N) is 1. The molecule has 0 radical (unpaired) electrons. The van der Waals surface area contributed by atoms with E-state index in [2.05, 4.69) is 66.5 Å². The summed E-state index contributed by atoms with van der Waals surface area (Å²) in [7, 11) is 0. The molecule has 0 amide bonds. The zero-order valence-corrected chi connectivity index (χ0v) is 13.7. The average Bonchev–Trinajstić information content (AvgIpc) is 3.09. The molecule has 0 spiro atoms. The highest BCUT2D eigenvalue weighted by molar-refractivity contribution is 5.80. The maximum atomic E-state index is 4.96. The third-order valence-corrected chi connectivity index (χ3v) is 4.40. The summed E-state index contributed by atoms with van der Waals surface area (Å²) in [6, 6.07) is 20.8. The largest absolute Gasteiger partial charge is 0.337 e. The van der Waals surface area contributed by atoms with Gasteiger partial charge in [-0.3, -0.25) is 0 Å². The van der Waals surface area contributed by atoms with Crippen molar-refractivity contribution in [3.8, 4) is 22.6 Å². The van der Waals surface area contributed by atoms with Crippen molar-refractivity contribution in [3.05, 3.63) is 84.6 Å². The van der Waals surface area contributed by atoms with Crippen LogP contribution in [0.25, 0.3) is 28.2 Å². The van der Waals surface area contributed by atoms with E-state index in [4.69, 9.17) is 4.98 Å². The molecular weight excluding hydrogens is 292 g/mol. The van der Waals surface area contributed by atoms with Gasteiger partial charge in [-0.1, -0.05) is 85.8 Å². The molecular formula is C22H20N2. The summed E-state index contributed by atoms with van der Waals surface area (Å²) in [4.78, 5) is 8.51. The lowest BCUT2D eigenvalue weighted by Crippen LogP contribution is -1.98. The van der Waals surface area contributed by atoms with Crippen LogP contribution in [0.5, 0.6) is 0 Å². The smallest absolute Gasteiger partial charge is 0.138 e. The van der Waals surface area contributed by atoms with E-state index >= 15 is 0 Å². The lowest BCUT2D eigenvalue weighted by Gasteiger charge is -2.14. The first-order valence-corrected chi connectivity index (χ1v) is 8.40. The molecule has 1 N–H and O–H groups in total. The Morgan fingerprint density at radius 1 is 0.917 bits per heavy atom. The third-order valence-electron chi connectivity index (χ3n) is 4.40. The van der Waals surface area contributed by atoms with Crippen LogP contribution in [0.2, 0.25) is 0 Å². The molecule has 0 bridgehead atoms. The number of allylic oxidation sites excluding steroid dienone is 4. The van der Waals surface area contributed by atoms with Crippen molar-refractivity contribution >= 4 is 5.57 Å². The molecule has 2 nitrogen and oxygen atoms in total. The van der Waals surface area contributed by atoms with E-state index in [1.165, 1.54) is 11.1 Å². The Bertz CT molecular complexity index is 886. The average molecular weight is 312 g/mol. The Hall–Kier alpha value is -2.87. The van der Waals surface area contributed by atoms with E-state index in [-0.39, 0.29) is 0 Å².